The minimum atomic E-state index is -0.842. The molecule has 8 heteroatoms. The van der Waals surface area contributed by atoms with Crippen molar-refractivity contribution in [2.24, 2.45) is 0 Å². The third-order valence-corrected chi connectivity index (χ3v) is 5.73. The fourth-order valence-electron chi connectivity index (χ4n) is 3.59. The quantitative estimate of drug-likeness (QED) is 0.775. The largest absolute Gasteiger partial charge is 0.481 e. The fourth-order valence-corrected chi connectivity index (χ4v) is 4.34. The second-order valence-corrected chi connectivity index (χ2v) is 7.55. The first kappa shape index (κ1) is 17.2. The van der Waals surface area contributed by atoms with E-state index in [0.717, 1.165) is 35.7 Å². The van der Waals surface area contributed by atoms with Crippen LogP contribution in [0.4, 0.5) is 0 Å². The first-order valence-electron chi connectivity index (χ1n) is 8.87. The van der Waals surface area contributed by atoms with Gasteiger partial charge >= 0.3 is 5.97 Å². The van der Waals surface area contributed by atoms with Crippen LogP contribution in [0.2, 0.25) is 0 Å². The Balaban J connectivity index is 1.60. The van der Waals surface area contributed by atoms with Gasteiger partial charge in [-0.25, -0.2) is 0 Å². The first-order chi connectivity index (χ1) is 12.7. The van der Waals surface area contributed by atoms with E-state index < -0.39 is 5.97 Å². The molecule has 2 aliphatic rings. The third kappa shape index (κ3) is 3.65. The SMILES string of the molecule is O=C(O)CSc1nnc(Cc2ccc3c(c2)OCO3)n1C1CCCCC1. The molecule has 0 saturated heterocycles. The molecule has 26 heavy (non-hydrogen) atoms. The maximum Gasteiger partial charge on any atom is 0.313 e. The predicted molar refractivity (Wildman–Crippen MR) is 95.9 cm³/mol. The molecule has 1 N–H and O–H groups in total. The van der Waals surface area contributed by atoms with Gasteiger partial charge in [0.25, 0.3) is 0 Å². The molecule has 2 aromatic rings. The summed E-state index contributed by atoms with van der Waals surface area (Å²) < 4.78 is 13.0. The number of ether oxygens (including phenoxy) is 2. The van der Waals surface area contributed by atoms with Gasteiger partial charge in [-0.05, 0) is 30.5 Å². The van der Waals surface area contributed by atoms with Crippen molar-refractivity contribution in [2.75, 3.05) is 12.5 Å². The minimum Gasteiger partial charge on any atom is -0.481 e. The van der Waals surface area contributed by atoms with Crippen LogP contribution in [0, 0.1) is 0 Å². The second kappa shape index (κ2) is 7.57. The van der Waals surface area contributed by atoms with E-state index in [-0.39, 0.29) is 12.5 Å². The Hall–Kier alpha value is -2.22. The summed E-state index contributed by atoms with van der Waals surface area (Å²) in [5, 5.41) is 18.4. The van der Waals surface area contributed by atoms with E-state index in [4.69, 9.17) is 14.6 Å². The number of fused-ring (bicyclic) bond motifs is 1. The lowest BCUT2D eigenvalue weighted by Crippen LogP contribution is -2.17. The third-order valence-electron chi connectivity index (χ3n) is 4.80. The molecule has 0 amide bonds. The van der Waals surface area contributed by atoms with Crippen molar-refractivity contribution < 1.29 is 19.4 Å². The molecule has 4 rings (SSSR count). The topological polar surface area (TPSA) is 86.5 Å². The maximum atomic E-state index is 11.0. The molecule has 138 valence electrons. The molecule has 0 unspecified atom stereocenters. The molecule has 1 aromatic heterocycles. The van der Waals surface area contributed by atoms with Crippen LogP contribution >= 0.6 is 11.8 Å². The van der Waals surface area contributed by atoms with Crippen molar-refractivity contribution in [1.82, 2.24) is 14.8 Å². The molecular formula is C18H21N3O4S. The molecular weight excluding hydrogens is 354 g/mol. The summed E-state index contributed by atoms with van der Waals surface area (Å²) in [4.78, 5) is 11.0. The molecule has 2 heterocycles. The van der Waals surface area contributed by atoms with E-state index in [2.05, 4.69) is 14.8 Å². The highest BCUT2D eigenvalue weighted by Crippen LogP contribution is 2.35. The van der Waals surface area contributed by atoms with Gasteiger partial charge in [-0.2, -0.15) is 0 Å². The lowest BCUT2D eigenvalue weighted by molar-refractivity contribution is -0.133. The van der Waals surface area contributed by atoms with Crippen LogP contribution < -0.4 is 9.47 Å². The van der Waals surface area contributed by atoms with Gasteiger partial charge < -0.3 is 19.1 Å². The van der Waals surface area contributed by atoms with E-state index in [1.165, 1.54) is 31.0 Å². The summed E-state index contributed by atoms with van der Waals surface area (Å²) in [5.41, 5.74) is 1.08. The van der Waals surface area contributed by atoms with Gasteiger partial charge in [0.1, 0.15) is 5.82 Å². The monoisotopic (exact) mass is 375 g/mol. The Morgan fingerprint density at radius 1 is 1.19 bits per heavy atom. The van der Waals surface area contributed by atoms with Crippen molar-refractivity contribution in [3.63, 3.8) is 0 Å². The van der Waals surface area contributed by atoms with Gasteiger partial charge in [-0.1, -0.05) is 37.1 Å². The predicted octanol–water partition coefficient (Wildman–Crippen LogP) is 3.28. The van der Waals surface area contributed by atoms with Crippen molar-refractivity contribution >= 4 is 17.7 Å². The molecule has 1 saturated carbocycles. The summed E-state index contributed by atoms with van der Waals surface area (Å²) in [5.74, 6) is 1.55. The van der Waals surface area contributed by atoms with E-state index >= 15 is 0 Å². The molecule has 0 atom stereocenters. The standard InChI is InChI=1S/C18H21N3O4S/c22-17(23)10-26-18-20-19-16(21(18)13-4-2-1-3-5-13)9-12-6-7-14-15(8-12)25-11-24-14/h6-8,13H,1-5,9-11H2,(H,22,23). The van der Waals surface area contributed by atoms with Gasteiger partial charge in [-0.15, -0.1) is 10.2 Å². The van der Waals surface area contributed by atoms with Crippen molar-refractivity contribution in [3.05, 3.63) is 29.6 Å². The average Bonchev–Trinajstić information content (AvgIpc) is 3.27. The number of hydrogen-bond donors (Lipinski definition) is 1. The number of thioether (sulfide) groups is 1. The molecule has 0 spiro atoms. The van der Waals surface area contributed by atoms with Crippen molar-refractivity contribution in [3.8, 4) is 11.5 Å². The van der Waals surface area contributed by atoms with E-state index in [9.17, 15) is 4.79 Å². The van der Waals surface area contributed by atoms with Crippen LogP contribution in [-0.2, 0) is 11.2 Å². The van der Waals surface area contributed by atoms with Gasteiger partial charge in [-0.3, -0.25) is 4.79 Å². The zero-order valence-corrected chi connectivity index (χ0v) is 15.2. The first-order valence-corrected chi connectivity index (χ1v) is 9.86. The average molecular weight is 375 g/mol. The van der Waals surface area contributed by atoms with Crippen LogP contribution in [0.1, 0.15) is 49.5 Å². The van der Waals surface area contributed by atoms with Gasteiger partial charge in [0.15, 0.2) is 16.7 Å². The zero-order chi connectivity index (χ0) is 17.9. The highest BCUT2D eigenvalue weighted by molar-refractivity contribution is 7.99. The van der Waals surface area contributed by atoms with Gasteiger partial charge in [0, 0.05) is 12.5 Å². The molecule has 1 aliphatic carbocycles. The molecule has 1 aliphatic heterocycles. The van der Waals surface area contributed by atoms with E-state index in [1.807, 2.05) is 18.2 Å². The number of aromatic nitrogens is 3. The molecule has 7 nitrogen and oxygen atoms in total. The normalized spacial score (nSPS) is 16.8. The highest BCUT2D eigenvalue weighted by Gasteiger charge is 2.24. The highest BCUT2D eigenvalue weighted by atomic mass is 32.2. The van der Waals surface area contributed by atoms with Crippen molar-refractivity contribution in [2.45, 2.75) is 49.7 Å². The summed E-state index contributed by atoms with van der Waals surface area (Å²) in [7, 11) is 0. The zero-order valence-electron chi connectivity index (χ0n) is 14.4. The Labute approximate surface area is 155 Å². The van der Waals surface area contributed by atoms with E-state index in [1.54, 1.807) is 0 Å². The van der Waals surface area contributed by atoms with E-state index in [0.29, 0.717) is 17.6 Å². The van der Waals surface area contributed by atoms with Gasteiger partial charge in [0.2, 0.25) is 6.79 Å². The van der Waals surface area contributed by atoms with Crippen LogP contribution in [0.5, 0.6) is 11.5 Å². The van der Waals surface area contributed by atoms with Crippen LogP contribution in [0.3, 0.4) is 0 Å². The lowest BCUT2D eigenvalue weighted by atomic mass is 9.95. The number of benzene rings is 1. The number of rotatable bonds is 6. The second-order valence-electron chi connectivity index (χ2n) is 6.61. The number of carboxylic acids is 1. The number of carbonyl (C=O) groups is 1. The Kier molecular flexibility index (Phi) is 5.01. The number of nitrogens with zero attached hydrogens (tertiary/aromatic N) is 3. The van der Waals surface area contributed by atoms with Crippen LogP contribution in [-0.4, -0.2) is 38.4 Å². The van der Waals surface area contributed by atoms with Crippen molar-refractivity contribution in [1.29, 1.82) is 0 Å². The molecule has 0 bridgehead atoms. The minimum absolute atomic E-state index is 0.00508. The summed E-state index contributed by atoms with van der Waals surface area (Å²) in [6, 6.07) is 6.25. The summed E-state index contributed by atoms with van der Waals surface area (Å²) in [6.45, 7) is 0.257. The van der Waals surface area contributed by atoms with Crippen LogP contribution in [0.15, 0.2) is 23.4 Å². The Bertz CT molecular complexity index is 802. The fraction of sp³-hybridized carbons (Fsp3) is 0.500. The molecule has 0 radical (unpaired) electrons. The molecule has 1 fully saturated rings. The summed E-state index contributed by atoms with van der Waals surface area (Å²) in [6.07, 6.45) is 6.45. The molecule has 1 aromatic carbocycles. The Morgan fingerprint density at radius 3 is 2.81 bits per heavy atom. The lowest BCUT2D eigenvalue weighted by Gasteiger charge is -2.25. The number of carboxylic acid groups (broad SMARTS) is 1. The van der Waals surface area contributed by atoms with Crippen LogP contribution in [0.25, 0.3) is 0 Å². The number of hydrogen-bond acceptors (Lipinski definition) is 6. The maximum absolute atomic E-state index is 11.0. The smallest absolute Gasteiger partial charge is 0.313 e. The van der Waals surface area contributed by atoms with Gasteiger partial charge in [0.05, 0.1) is 5.75 Å². The number of aliphatic carboxylic acids is 1. The Morgan fingerprint density at radius 2 is 2.00 bits per heavy atom. The summed E-state index contributed by atoms with van der Waals surface area (Å²) >= 11 is 1.25.